The number of hydrogen-bond acceptors (Lipinski definition) is 0. The number of fused-ring (bicyclic) bond motifs is 5. The predicted octanol–water partition coefficient (Wildman–Crippen LogP) is 3.80. The molecule has 14 heavy (non-hydrogen) atoms. The molecule has 0 aromatic heterocycles. The van der Waals surface area contributed by atoms with E-state index in [2.05, 4.69) is 31.2 Å². The fraction of sp³-hybridized carbons (Fsp3) is 0.714. The van der Waals surface area contributed by atoms with Crippen molar-refractivity contribution in [1.29, 1.82) is 0 Å². The molecule has 3 aliphatic carbocycles. The molecule has 0 nitrogen and oxygen atoms in total. The van der Waals surface area contributed by atoms with Crippen molar-refractivity contribution in [1.82, 2.24) is 0 Å². The SMILES string of the molecule is CC1CC/C=C\CC2C3C=CC(C3)C12. The van der Waals surface area contributed by atoms with Crippen LogP contribution in [0.15, 0.2) is 24.3 Å². The smallest absolute Gasteiger partial charge is 0.0193 e. The summed E-state index contributed by atoms with van der Waals surface area (Å²) in [5, 5.41) is 0. The lowest BCUT2D eigenvalue weighted by Crippen LogP contribution is -2.26. The molecule has 76 valence electrons. The molecule has 5 atom stereocenters. The molecule has 3 rings (SSSR count). The van der Waals surface area contributed by atoms with Crippen LogP contribution in [0.1, 0.15) is 32.6 Å². The van der Waals surface area contributed by atoms with E-state index < -0.39 is 0 Å². The highest BCUT2D eigenvalue weighted by molar-refractivity contribution is 5.15. The van der Waals surface area contributed by atoms with Gasteiger partial charge in [0.25, 0.3) is 0 Å². The Kier molecular flexibility index (Phi) is 2.04. The largest absolute Gasteiger partial charge is 0.0885 e. The lowest BCUT2D eigenvalue weighted by molar-refractivity contribution is 0.209. The van der Waals surface area contributed by atoms with Crippen LogP contribution in [0.2, 0.25) is 0 Å². The highest BCUT2D eigenvalue weighted by Crippen LogP contribution is 2.53. The van der Waals surface area contributed by atoms with Gasteiger partial charge in [-0.25, -0.2) is 0 Å². The van der Waals surface area contributed by atoms with Gasteiger partial charge in [0.05, 0.1) is 0 Å². The van der Waals surface area contributed by atoms with Crippen LogP contribution in [-0.2, 0) is 0 Å². The van der Waals surface area contributed by atoms with Crippen molar-refractivity contribution in [2.24, 2.45) is 29.6 Å². The van der Waals surface area contributed by atoms with Gasteiger partial charge in [-0.2, -0.15) is 0 Å². The third-order valence-corrected chi connectivity index (χ3v) is 4.71. The zero-order valence-electron chi connectivity index (χ0n) is 9.02. The average Bonchev–Trinajstić information content (AvgIpc) is 2.72. The fourth-order valence-electron chi connectivity index (χ4n) is 4.06. The number of allylic oxidation sites excluding steroid dienone is 4. The molecule has 5 unspecified atom stereocenters. The van der Waals surface area contributed by atoms with Crippen molar-refractivity contribution >= 4 is 0 Å². The van der Waals surface area contributed by atoms with E-state index in [1.807, 2.05) is 0 Å². The molecular formula is C14H20. The van der Waals surface area contributed by atoms with Crippen molar-refractivity contribution < 1.29 is 0 Å². The first-order chi connectivity index (χ1) is 6.86. The van der Waals surface area contributed by atoms with Crippen molar-refractivity contribution in [2.75, 3.05) is 0 Å². The monoisotopic (exact) mass is 188 g/mol. The topological polar surface area (TPSA) is 0 Å². The normalized spacial score (nSPS) is 52.5. The Hall–Kier alpha value is -0.520. The summed E-state index contributed by atoms with van der Waals surface area (Å²) in [5.41, 5.74) is 0. The maximum Gasteiger partial charge on any atom is -0.0193 e. The van der Waals surface area contributed by atoms with E-state index in [0.29, 0.717) is 0 Å². The fourth-order valence-corrected chi connectivity index (χ4v) is 4.06. The lowest BCUT2D eigenvalue weighted by atomic mass is 9.72. The van der Waals surface area contributed by atoms with Gasteiger partial charge < -0.3 is 0 Å². The minimum Gasteiger partial charge on any atom is -0.0885 e. The van der Waals surface area contributed by atoms with Crippen LogP contribution in [0.5, 0.6) is 0 Å². The minimum atomic E-state index is 0.926. The van der Waals surface area contributed by atoms with E-state index in [0.717, 1.165) is 29.6 Å². The van der Waals surface area contributed by atoms with Crippen LogP contribution in [0.25, 0.3) is 0 Å². The van der Waals surface area contributed by atoms with Crippen molar-refractivity contribution in [3.05, 3.63) is 24.3 Å². The summed E-state index contributed by atoms with van der Waals surface area (Å²) >= 11 is 0. The third-order valence-electron chi connectivity index (χ3n) is 4.71. The van der Waals surface area contributed by atoms with Gasteiger partial charge in [0, 0.05) is 0 Å². The van der Waals surface area contributed by atoms with Crippen LogP contribution in [0.3, 0.4) is 0 Å². The standard InChI is InChI=1S/C14H20/c1-10-5-3-2-4-6-13-11-7-8-12(9-11)14(10)13/h2,4,7-8,10-14H,3,5-6,9H2,1H3/b4-2-. The van der Waals surface area contributed by atoms with E-state index in [9.17, 15) is 0 Å². The summed E-state index contributed by atoms with van der Waals surface area (Å²) in [7, 11) is 0. The van der Waals surface area contributed by atoms with Gasteiger partial charge in [-0.3, -0.25) is 0 Å². The van der Waals surface area contributed by atoms with E-state index in [4.69, 9.17) is 0 Å². The molecule has 3 aliphatic rings. The molecule has 0 aliphatic heterocycles. The molecule has 0 aromatic rings. The van der Waals surface area contributed by atoms with E-state index in [-0.39, 0.29) is 0 Å². The van der Waals surface area contributed by atoms with E-state index in [1.54, 1.807) is 0 Å². The van der Waals surface area contributed by atoms with Crippen LogP contribution < -0.4 is 0 Å². The second kappa shape index (κ2) is 3.25. The Morgan fingerprint density at radius 1 is 1.07 bits per heavy atom. The molecule has 1 fully saturated rings. The highest BCUT2D eigenvalue weighted by Gasteiger charge is 2.45. The molecule has 1 saturated carbocycles. The Labute approximate surface area is 87.1 Å². The number of rotatable bonds is 0. The highest BCUT2D eigenvalue weighted by atomic mass is 14.5. The van der Waals surface area contributed by atoms with Crippen LogP contribution in [-0.4, -0.2) is 0 Å². The summed E-state index contributed by atoms with van der Waals surface area (Å²) in [6.07, 6.45) is 15.4. The van der Waals surface area contributed by atoms with Crippen molar-refractivity contribution in [3.8, 4) is 0 Å². The van der Waals surface area contributed by atoms with E-state index in [1.165, 1.54) is 25.7 Å². The molecule has 0 spiro atoms. The zero-order chi connectivity index (χ0) is 9.54. The molecule has 0 aromatic carbocycles. The Bertz CT molecular complexity index is 274. The first-order valence-electron chi connectivity index (χ1n) is 6.19. The Morgan fingerprint density at radius 2 is 1.93 bits per heavy atom. The van der Waals surface area contributed by atoms with Crippen LogP contribution in [0.4, 0.5) is 0 Å². The van der Waals surface area contributed by atoms with Crippen LogP contribution >= 0.6 is 0 Å². The molecule has 0 amide bonds. The van der Waals surface area contributed by atoms with Gasteiger partial charge in [0.15, 0.2) is 0 Å². The maximum absolute atomic E-state index is 2.51. The zero-order valence-corrected chi connectivity index (χ0v) is 9.02. The quantitative estimate of drug-likeness (QED) is 0.507. The van der Waals surface area contributed by atoms with Gasteiger partial charge in [0.2, 0.25) is 0 Å². The Balaban J connectivity index is 1.89. The van der Waals surface area contributed by atoms with Gasteiger partial charge in [0.1, 0.15) is 0 Å². The molecule has 0 N–H and O–H groups in total. The second-order valence-electron chi connectivity index (χ2n) is 5.45. The number of hydrogen-bond donors (Lipinski definition) is 0. The summed E-state index contributed by atoms with van der Waals surface area (Å²) in [5.74, 6) is 4.80. The first kappa shape index (κ1) is 8.76. The molecule has 2 bridgehead atoms. The summed E-state index contributed by atoms with van der Waals surface area (Å²) in [6, 6.07) is 0. The summed E-state index contributed by atoms with van der Waals surface area (Å²) in [6.45, 7) is 2.48. The summed E-state index contributed by atoms with van der Waals surface area (Å²) < 4.78 is 0. The maximum atomic E-state index is 2.51. The lowest BCUT2D eigenvalue weighted by Gasteiger charge is -2.33. The van der Waals surface area contributed by atoms with Crippen molar-refractivity contribution in [3.63, 3.8) is 0 Å². The van der Waals surface area contributed by atoms with Gasteiger partial charge in [-0.15, -0.1) is 0 Å². The molecule has 0 heterocycles. The van der Waals surface area contributed by atoms with Crippen molar-refractivity contribution in [2.45, 2.75) is 32.6 Å². The molecule has 0 saturated heterocycles. The van der Waals surface area contributed by atoms with Gasteiger partial charge >= 0.3 is 0 Å². The van der Waals surface area contributed by atoms with Crippen LogP contribution in [0, 0.1) is 29.6 Å². The molecule has 0 heteroatoms. The predicted molar refractivity (Wildman–Crippen MR) is 59.9 cm³/mol. The van der Waals surface area contributed by atoms with Gasteiger partial charge in [-0.05, 0) is 55.3 Å². The second-order valence-corrected chi connectivity index (χ2v) is 5.45. The summed E-state index contributed by atoms with van der Waals surface area (Å²) in [4.78, 5) is 0. The first-order valence-corrected chi connectivity index (χ1v) is 6.19. The molecule has 0 radical (unpaired) electrons. The average molecular weight is 188 g/mol. The van der Waals surface area contributed by atoms with Gasteiger partial charge in [-0.1, -0.05) is 31.2 Å². The molecular weight excluding hydrogens is 168 g/mol. The minimum absolute atomic E-state index is 0.926. The third kappa shape index (κ3) is 1.20. The van der Waals surface area contributed by atoms with E-state index >= 15 is 0 Å². The Morgan fingerprint density at radius 3 is 2.86 bits per heavy atom.